The van der Waals surface area contributed by atoms with Gasteiger partial charge in [0, 0.05) is 18.5 Å². The Balaban J connectivity index is 1.96. The lowest BCUT2D eigenvalue weighted by Gasteiger charge is -2.23. The summed E-state index contributed by atoms with van der Waals surface area (Å²) in [7, 11) is 0. The van der Waals surface area contributed by atoms with Crippen molar-refractivity contribution in [2.24, 2.45) is 5.92 Å². The molecule has 0 unspecified atom stereocenters. The summed E-state index contributed by atoms with van der Waals surface area (Å²) in [6.45, 7) is 0. The maximum atomic E-state index is 12.1. The van der Waals surface area contributed by atoms with Gasteiger partial charge in [-0.05, 0) is 24.5 Å². The van der Waals surface area contributed by atoms with Gasteiger partial charge in [-0.25, -0.2) is 9.78 Å². The molecule has 6 heteroatoms. The van der Waals surface area contributed by atoms with Crippen LogP contribution in [-0.2, 0) is 16.0 Å². The molecular formula is C15H19ClN2O3. The molecule has 0 radical (unpaired) electrons. The fraction of sp³-hybridized carbons (Fsp3) is 0.533. The lowest BCUT2D eigenvalue weighted by atomic mass is 9.88. The molecular weight excluding hydrogens is 292 g/mol. The summed E-state index contributed by atoms with van der Waals surface area (Å²) in [6, 6.07) is 2.40. The SMILES string of the molecule is O=C(N[C@H](Cc1ccc(Cl)nc1)C(=O)O)C1CCCCC1. The Morgan fingerprint density at radius 3 is 2.62 bits per heavy atom. The normalized spacial score (nSPS) is 17.2. The van der Waals surface area contributed by atoms with Crippen LogP contribution >= 0.6 is 11.6 Å². The molecule has 1 aromatic heterocycles. The minimum atomic E-state index is -1.03. The Kier molecular flexibility index (Phi) is 5.56. The third-order valence-electron chi connectivity index (χ3n) is 3.82. The maximum Gasteiger partial charge on any atom is 0.326 e. The van der Waals surface area contributed by atoms with Gasteiger partial charge in [0.15, 0.2) is 0 Å². The summed E-state index contributed by atoms with van der Waals surface area (Å²) in [5.41, 5.74) is 0.732. The van der Waals surface area contributed by atoms with Crippen LogP contribution in [0.4, 0.5) is 0 Å². The van der Waals surface area contributed by atoms with Crippen LogP contribution in [-0.4, -0.2) is 28.0 Å². The van der Waals surface area contributed by atoms with E-state index in [0.29, 0.717) is 5.15 Å². The topological polar surface area (TPSA) is 79.3 Å². The van der Waals surface area contributed by atoms with Crippen LogP contribution < -0.4 is 5.32 Å². The minimum absolute atomic E-state index is 0.0519. The van der Waals surface area contributed by atoms with E-state index in [1.165, 1.54) is 6.20 Å². The number of carboxylic acids is 1. The summed E-state index contributed by atoms with van der Waals surface area (Å²) in [5, 5.41) is 12.3. The standard InChI is InChI=1S/C15H19ClN2O3/c16-13-7-6-10(9-17-13)8-12(15(20)21)18-14(19)11-4-2-1-3-5-11/h6-7,9,11-12H,1-5,8H2,(H,18,19)(H,20,21)/t12-/m1/s1. The molecule has 1 aliphatic carbocycles. The molecule has 1 saturated carbocycles. The van der Waals surface area contributed by atoms with Crippen molar-refractivity contribution in [3.8, 4) is 0 Å². The molecule has 0 spiro atoms. The van der Waals surface area contributed by atoms with Gasteiger partial charge in [0.2, 0.25) is 5.91 Å². The second-order valence-electron chi connectivity index (χ2n) is 5.43. The molecule has 0 aromatic carbocycles. The molecule has 0 saturated heterocycles. The van der Waals surface area contributed by atoms with E-state index in [2.05, 4.69) is 10.3 Å². The van der Waals surface area contributed by atoms with E-state index in [0.717, 1.165) is 37.7 Å². The average molecular weight is 311 g/mol. The molecule has 1 aromatic rings. The highest BCUT2D eigenvalue weighted by Gasteiger charge is 2.26. The summed E-state index contributed by atoms with van der Waals surface area (Å²) in [5.74, 6) is -1.23. The van der Waals surface area contributed by atoms with Crippen LogP contribution in [0.2, 0.25) is 5.15 Å². The van der Waals surface area contributed by atoms with Gasteiger partial charge < -0.3 is 10.4 Å². The molecule has 2 rings (SSSR count). The van der Waals surface area contributed by atoms with Crippen LogP contribution in [0.1, 0.15) is 37.7 Å². The van der Waals surface area contributed by atoms with E-state index in [4.69, 9.17) is 11.6 Å². The zero-order valence-corrected chi connectivity index (χ0v) is 12.5. The largest absolute Gasteiger partial charge is 0.480 e. The lowest BCUT2D eigenvalue weighted by molar-refractivity contribution is -0.142. The number of aromatic nitrogens is 1. The first kappa shape index (κ1) is 15.8. The van der Waals surface area contributed by atoms with Gasteiger partial charge in [0.25, 0.3) is 0 Å². The van der Waals surface area contributed by atoms with E-state index in [1.54, 1.807) is 12.1 Å². The van der Waals surface area contributed by atoms with Crippen molar-refractivity contribution in [3.05, 3.63) is 29.0 Å². The van der Waals surface area contributed by atoms with Crippen LogP contribution in [0.3, 0.4) is 0 Å². The van der Waals surface area contributed by atoms with Gasteiger partial charge in [-0.15, -0.1) is 0 Å². The van der Waals surface area contributed by atoms with E-state index in [9.17, 15) is 14.7 Å². The highest BCUT2D eigenvalue weighted by molar-refractivity contribution is 6.29. The molecule has 1 amide bonds. The molecule has 21 heavy (non-hydrogen) atoms. The first-order chi connectivity index (χ1) is 10.1. The fourth-order valence-electron chi connectivity index (χ4n) is 2.62. The third kappa shape index (κ3) is 4.70. The van der Waals surface area contributed by atoms with Crippen LogP contribution in [0.15, 0.2) is 18.3 Å². The number of pyridine rings is 1. The first-order valence-electron chi connectivity index (χ1n) is 7.20. The van der Waals surface area contributed by atoms with E-state index in [-0.39, 0.29) is 18.2 Å². The molecule has 2 N–H and O–H groups in total. The zero-order chi connectivity index (χ0) is 15.2. The van der Waals surface area contributed by atoms with Crippen molar-refractivity contribution >= 4 is 23.5 Å². The van der Waals surface area contributed by atoms with Gasteiger partial charge in [0.1, 0.15) is 11.2 Å². The zero-order valence-electron chi connectivity index (χ0n) is 11.7. The average Bonchev–Trinajstić information content (AvgIpc) is 2.49. The number of carboxylic acid groups (broad SMARTS) is 1. The van der Waals surface area contributed by atoms with E-state index < -0.39 is 12.0 Å². The maximum absolute atomic E-state index is 12.1. The van der Waals surface area contributed by atoms with Gasteiger partial charge in [-0.1, -0.05) is 36.9 Å². The highest BCUT2D eigenvalue weighted by Crippen LogP contribution is 2.23. The van der Waals surface area contributed by atoms with Gasteiger partial charge in [-0.2, -0.15) is 0 Å². The Bertz CT molecular complexity index is 498. The summed E-state index contributed by atoms with van der Waals surface area (Å²) in [6.07, 6.45) is 6.67. The molecule has 1 heterocycles. The van der Waals surface area contributed by atoms with Crippen molar-refractivity contribution in [2.45, 2.75) is 44.6 Å². The summed E-state index contributed by atoms with van der Waals surface area (Å²) < 4.78 is 0. The van der Waals surface area contributed by atoms with Crippen molar-refractivity contribution in [1.29, 1.82) is 0 Å². The number of nitrogens with zero attached hydrogens (tertiary/aromatic N) is 1. The lowest BCUT2D eigenvalue weighted by Crippen LogP contribution is -2.45. The molecule has 1 fully saturated rings. The van der Waals surface area contributed by atoms with Crippen molar-refractivity contribution < 1.29 is 14.7 Å². The number of amides is 1. The number of carbonyl (C=O) groups excluding carboxylic acids is 1. The van der Waals surface area contributed by atoms with Gasteiger partial charge in [-0.3, -0.25) is 4.79 Å². The van der Waals surface area contributed by atoms with Gasteiger partial charge >= 0.3 is 5.97 Å². The summed E-state index contributed by atoms with van der Waals surface area (Å²) >= 11 is 5.70. The van der Waals surface area contributed by atoms with Gasteiger partial charge in [0.05, 0.1) is 0 Å². The number of nitrogens with one attached hydrogen (secondary N) is 1. The van der Waals surface area contributed by atoms with Crippen molar-refractivity contribution in [1.82, 2.24) is 10.3 Å². The van der Waals surface area contributed by atoms with Crippen molar-refractivity contribution in [3.63, 3.8) is 0 Å². The monoisotopic (exact) mass is 310 g/mol. The number of rotatable bonds is 5. The number of halogens is 1. The molecule has 0 bridgehead atoms. The minimum Gasteiger partial charge on any atom is -0.480 e. The number of carbonyl (C=O) groups is 2. The van der Waals surface area contributed by atoms with Crippen LogP contribution in [0.25, 0.3) is 0 Å². The molecule has 1 aliphatic rings. The van der Waals surface area contributed by atoms with E-state index >= 15 is 0 Å². The molecule has 0 aliphatic heterocycles. The Morgan fingerprint density at radius 1 is 1.33 bits per heavy atom. The third-order valence-corrected chi connectivity index (χ3v) is 4.04. The van der Waals surface area contributed by atoms with Crippen molar-refractivity contribution in [2.75, 3.05) is 0 Å². The quantitative estimate of drug-likeness (QED) is 0.819. The fourth-order valence-corrected chi connectivity index (χ4v) is 2.73. The number of aliphatic carboxylic acids is 1. The second kappa shape index (κ2) is 7.41. The van der Waals surface area contributed by atoms with Crippen LogP contribution in [0.5, 0.6) is 0 Å². The predicted octanol–water partition coefficient (Wildman–Crippen LogP) is 2.43. The Hall–Kier alpha value is -1.62. The van der Waals surface area contributed by atoms with E-state index in [1.807, 2.05) is 0 Å². The number of hydrogen-bond acceptors (Lipinski definition) is 3. The molecule has 114 valence electrons. The predicted molar refractivity (Wildman–Crippen MR) is 79.1 cm³/mol. The second-order valence-corrected chi connectivity index (χ2v) is 5.81. The molecule has 5 nitrogen and oxygen atoms in total. The van der Waals surface area contributed by atoms with Crippen LogP contribution in [0, 0.1) is 5.92 Å². The summed E-state index contributed by atoms with van der Waals surface area (Å²) in [4.78, 5) is 27.4. The molecule has 1 atom stereocenters. The first-order valence-corrected chi connectivity index (χ1v) is 7.57. The highest BCUT2D eigenvalue weighted by atomic mass is 35.5. The number of hydrogen-bond donors (Lipinski definition) is 2. The Morgan fingerprint density at radius 2 is 2.05 bits per heavy atom. The smallest absolute Gasteiger partial charge is 0.326 e. The Labute approximate surface area is 128 Å².